The number of carbonyl (C=O) groups excluding carboxylic acids is 3. The fraction of sp³-hybridized carbons (Fsp3) is 0.421. The predicted molar refractivity (Wildman–Crippen MR) is 99.4 cm³/mol. The second-order valence-corrected chi connectivity index (χ2v) is 8.83. The highest BCUT2D eigenvalue weighted by Gasteiger charge is 2.59. The summed E-state index contributed by atoms with van der Waals surface area (Å²) in [5.41, 5.74) is 0. The maximum atomic E-state index is 12.8. The zero-order valence-electron chi connectivity index (χ0n) is 14.1. The van der Waals surface area contributed by atoms with Crippen LogP contribution in [-0.4, -0.2) is 40.6 Å². The molecule has 5 nitrogen and oxygen atoms in total. The predicted octanol–water partition coefficient (Wildman–Crippen LogP) is 2.72. The number of amides is 3. The lowest BCUT2D eigenvalue weighted by molar-refractivity contribution is -0.147. The van der Waals surface area contributed by atoms with Crippen molar-refractivity contribution in [3.8, 4) is 0 Å². The van der Waals surface area contributed by atoms with Crippen molar-refractivity contribution in [1.29, 1.82) is 0 Å². The van der Waals surface area contributed by atoms with Gasteiger partial charge in [0.2, 0.25) is 17.7 Å². The van der Waals surface area contributed by atoms with E-state index < -0.39 is 0 Å². The van der Waals surface area contributed by atoms with E-state index in [1.165, 1.54) is 16.2 Å². The second kappa shape index (κ2) is 6.67. The van der Waals surface area contributed by atoms with Crippen LogP contribution in [0.3, 0.4) is 0 Å². The minimum atomic E-state index is -0.269. The fourth-order valence-electron chi connectivity index (χ4n) is 4.39. The number of allylic oxidation sites excluding steroid dienone is 2. The zero-order valence-corrected chi connectivity index (χ0v) is 15.7. The van der Waals surface area contributed by atoms with Crippen molar-refractivity contribution in [3.63, 3.8) is 0 Å². The first-order valence-electron chi connectivity index (χ1n) is 8.66. The van der Waals surface area contributed by atoms with E-state index in [1.54, 1.807) is 17.0 Å². The lowest BCUT2D eigenvalue weighted by Crippen LogP contribution is -2.43. The maximum absolute atomic E-state index is 12.8. The summed E-state index contributed by atoms with van der Waals surface area (Å²) in [6.45, 7) is 4.23. The van der Waals surface area contributed by atoms with E-state index in [-0.39, 0.29) is 47.9 Å². The van der Waals surface area contributed by atoms with Gasteiger partial charge in [0.05, 0.1) is 22.7 Å². The highest BCUT2D eigenvalue weighted by Crippen LogP contribution is 2.52. The van der Waals surface area contributed by atoms with Gasteiger partial charge in [-0.1, -0.05) is 29.8 Å². The van der Waals surface area contributed by atoms with Crippen LogP contribution in [0.15, 0.2) is 36.9 Å². The van der Waals surface area contributed by atoms with Crippen LogP contribution in [0.2, 0.25) is 4.34 Å². The number of halogens is 1. The molecule has 0 N–H and O–H groups in total. The van der Waals surface area contributed by atoms with Gasteiger partial charge in [-0.3, -0.25) is 19.3 Å². The van der Waals surface area contributed by atoms with Gasteiger partial charge < -0.3 is 4.90 Å². The van der Waals surface area contributed by atoms with Gasteiger partial charge in [-0.05, 0) is 30.4 Å². The summed E-state index contributed by atoms with van der Waals surface area (Å²) >= 11 is 7.36. The zero-order chi connectivity index (χ0) is 18.4. The Balaban J connectivity index is 1.47. The Morgan fingerprint density at radius 2 is 1.92 bits per heavy atom. The first-order valence-corrected chi connectivity index (χ1v) is 9.85. The normalized spacial score (nSPS) is 28.7. The van der Waals surface area contributed by atoms with Crippen molar-refractivity contribution in [2.75, 3.05) is 13.1 Å². The number of imide groups is 1. The molecular weight excluding hydrogens is 372 g/mol. The molecule has 136 valence electrons. The lowest BCUT2D eigenvalue weighted by Gasteiger charge is -2.24. The lowest BCUT2D eigenvalue weighted by atomic mass is 9.85. The Morgan fingerprint density at radius 3 is 2.46 bits per heavy atom. The average Bonchev–Trinajstić information content (AvgIpc) is 3.36. The Bertz CT molecular complexity index is 787. The summed E-state index contributed by atoms with van der Waals surface area (Å²) in [5.74, 6) is -0.871. The summed E-state index contributed by atoms with van der Waals surface area (Å²) in [5, 5.41) is 0. The van der Waals surface area contributed by atoms with Gasteiger partial charge in [0.15, 0.2) is 0 Å². The van der Waals surface area contributed by atoms with Gasteiger partial charge in [0.1, 0.15) is 6.54 Å². The molecule has 26 heavy (non-hydrogen) atoms. The van der Waals surface area contributed by atoms with Crippen LogP contribution >= 0.6 is 22.9 Å². The summed E-state index contributed by atoms with van der Waals surface area (Å²) in [4.78, 5) is 41.9. The molecule has 1 saturated carbocycles. The monoisotopic (exact) mass is 390 g/mol. The number of likely N-dealkylation sites (tertiary alicyclic amines) is 1. The molecule has 2 fully saturated rings. The van der Waals surface area contributed by atoms with E-state index in [1.807, 2.05) is 18.2 Å². The standard InChI is InChI=1S/C19H19ClN2O3S/c1-2-7-21(9-13-5-6-14(20)26-13)15(23)10-22-18(24)16-11-3-4-12(8-11)17(16)19(22)25/h2-6,11-12,16-17H,1,7-10H2. The Hall–Kier alpha value is -1.92. The van der Waals surface area contributed by atoms with Crippen molar-refractivity contribution in [2.45, 2.75) is 13.0 Å². The molecule has 7 heteroatoms. The Kier molecular flexibility index (Phi) is 4.49. The topological polar surface area (TPSA) is 57.7 Å². The third kappa shape index (κ3) is 2.81. The van der Waals surface area contributed by atoms with Gasteiger partial charge in [0, 0.05) is 11.4 Å². The van der Waals surface area contributed by atoms with Gasteiger partial charge >= 0.3 is 0 Å². The van der Waals surface area contributed by atoms with E-state index in [4.69, 9.17) is 11.6 Å². The molecule has 2 bridgehead atoms. The first kappa shape index (κ1) is 17.5. The molecule has 1 saturated heterocycles. The van der Waals surface area contributed by atoms with E-state index in [0.29, 0.717) is 17.4 Å². The highest BCUT2D eigenvalue weighted by molar-refractivity contribution is 7.16. The molecular formula is C19H19ClN2O3S. The third-order valence-corrected chi connectivity index (χ3v) is 6.75. The fourth-order valence-corrected chi connectivity index (χ4v) is 5.49. The number of carbonyl (C=O) groups is 3. The van der Waals surface area contributed by atoms with Crippen molar-refractivity contribution in [2.24, 2.45) is 23.7 Å². The van der Waals surface area contributed by atoms with Gasteiger partial charge in [-0.15, -0.1) is 17.9 Å². The van der Waals surface area contributed by atoms with Gasteiger partial charge in [0.25, 0.3) is 0 Å². The second-order valence-electron chi connectivity index (χ2n) is 7.03. The molecule has 0 spiro atoms. The molecule has 2 heterocycles. The van der Waals surface area contributed by atoms with Crippen LogP contribution in [0.1, 0.15) is 11.3 Å². The summed E-state index contributed by atoms with van der Waals surface area (Å²) in [6.07, 6.45) is 6.62. The summed E-state index contributed by atoms with van der Waals surface area (Å²) < 4.78 is 0.659. The molecule has 1 aromatic heterocycles. The third-order valence-electron chi connectivity index (χ3n) is 5.53. The molecule has 0 aromatic carbocycles. The number of hydrogen-bond acceptors (Lipinski definition) is 4. The van der Waals surface area contributed by atoms with Gasteiger partial charge in [-0.25, -0.2) is 0 Å². The Morgan fingerprint density at radius 1 is 1.27 bits per heavy atom. The smallest absolute Gasteiger partial charge is 0.243 e. The van der Waals surface area contributed by atoms with Crippen molar-refractivity contribution in [1.82, 2.24) is 9.80 Å². The maximum Gasteiger partial charge on any atom is 0.243 e. The number of hydrogen-bond donors (Lipinski definition) is 0. The van der Waals surface area contributed by atoms with Crippen LogP contribution in [0.5, 0.6) is 0 Å². The van der Waals surface area contributed by atoms with Gasteiger partial charge in [-0.2, -0.15) is 0 Å². The molecule has 4 unspecified atom stereocenters. The molecule has 4 atom stereocenters. The minimum Gasteiger partial charge on any atom is -0.332 e. The molecule has 3 aliphatic rings. The van der Waals surface area contributed by atoms with Crippen LogP contribution < -0.4 is 0 Å². The van der Waals surface area contributed by atoms with Crippen molar-refractivity contribution < 1.29 is 14.4 Å². The van der Waals surface area contributed by atoms with E-state index in [2.05, 4.69) is 6.58 Å². The average molecular weight is 391 g/mol. The van der Waals surface area contributed by atoms with E-state index in [0.717, 1.165) is 11.3 Å². The first-order chi connectivity index (χ1) is 12.5. The molecule has 1 aliphatic heterocycles. The number of fused-ring (bicyclic) bond motifs is 5. The SMILES string of the molecule is C=CCN(Cc1ccc(Cl)s1)C(=O)CN1C(=O)C2C3C=CC(C3)C2C1=O. The van der Waals surface area contributed by atoms with Crippen molar-refractivity contribution >= 4 is 40.7 Å². The van der Waals surface area contributed by atoms with Crippen LogP contribution in [0.4, 0.5) is 0 Å². The molecule has 2 aliphatic carbocycles. The highest BCUT2D eigenvalue weighted by atomic mass is 35.5. The van der Waals surface area contributed by atoms with E-state index in [9.17, 15) is 14.4 Å². The summed E-state index contributed by atoms with van der Waals surface area (Å²) in [6, 6.07) is 3.66. The number of rotatable bonds is 6. The van der Waals surface area contributed by atoms with E-state index >= 15 is 0 Å². The Labute approximate surface area is 160 Å². The minimum absolute atomic E-state index is 0.152. The molecule has 4 rings (SSSR count). The van der Waals surface area contributed by atoms with Crippen molar-refractivity contribution in [3.05, 3.63) is 46.2 Å². The molecule has 0 radical (unpaired) electrons. The largest absolute Gasteiger partial charge is 0.332 e. The van der Waals surface area contributed by atoms with Crippen LogP contribution in [-0.2, 0) is 20.9 Å². The number of nitrogens with zero attached hydrogens (tertiary/aromatic N) is 2. The molecule has 1 aromatic rings. The molecule has 3 amide bonds. The quantitative estimate of drug-likeness (QED) is 0.554. The van der Waals surface area contributed by atoms with Crippen LogP contribution in [0, 0.1) is 23.7 Å². The summed E-state index contributed by atoms with van der Waals surface area (Å²) in [7, 11) is 0. The van der Waals surface area contributed by atoms with Crippen LogP contribution in [0.25, 0.3) is 0 Å². The number of thiophene rings is 1.